The van der Waals surface area contributed by atoms with Gasteiger partial charge in [-0.3, -0.25) is 4.79 Å². The Morgan fingerprint density at radius 3 is 2.50 bits per heavy atom. The van der Waals surface area contributed by atoms with Gasteiger partial charge in [-0.2, -0.15) is 17.0 Å². The van der Waals surface area contributed by atoms with Crippen LogP contribution in [0.25, 0.3) is 0 Å². The van der Waals surface area contributed by atoms with E-state index in [0.29, 0.717) is 45.1 Å². The Hall–Kier alpha value is -0.700. The van der Waals surface area contributed by atoms with Gasteiger partial charge in [-0.15, -0.1) is 0 Å². The van der Waals surface area contributed by atoms with Crippen molar-refractivity contribution in [2.24, 2.45) is 11.3 Å². The minimum absolute atomic E-state index is 0.116. The smallest absolute Gasteiger partial charge is 0.282 e. The van der Waals surface area contributed by atoms with E-state index < -0.39 is 15.6 Å². The molecule has 3 fully saturated rings. The van der Waals surface area contributed by atoms with E-state index in [1.165, 1.54) is 0 Å². The summed E-state index contributed by atoms with van der Waals surface area (Å²) in [5.74, 6) is 0.560. The summed E-state index contributed by atoms with van der Waals surface area (Å²) in [4.78, 5) is 14.3. The first-order valence-corrected chi connectivity index (χ1v) is 10.3. The van der Waals surface area contributed by atoms with Crippen molar-refractivity contribution in [3.63, 3.8) is 0 Å². The molecular weight excluding hydrogens is 330 g/mol. The van der Waals surface area contributed by atoms with E-state index in [-0.39, 0.29) is 5.91 Å². The fraction of sp³-hybridized carbons (Fsp3) is 0.938. The molecule has 1 atom stereocenters. The molecule has 0 aliphatic carbocycles. The molecule has 1 spiro atoms. The van der Waals surface area contributed by atoms with Crippen LogP contribution in [0.1, 0.15) is 32.1 Å². The summed E-state index contributed by atoms with van der Waals surface area (Å²) >= 11 is 0. The molecule has 0 aromatic carbocycles. The van der Waals surface area contributed by atoms with Gasteiger partial charge in [0, 0.05) is 53.5 Å². The molecule has 7 nitrogen and oxygen atoms in total. The molecular formula is C16H29N3O4S. The molecule has 1 amide bonds. The topological polar surface area (TPSA) is 70.2 Å². The zero-order chi connectivity index (χ0) is 17.4. The normalized spacial score (nSPS) is 31.2. The molecule has 0 radical (unpaired) electrons. The zero-order valence-corrected chi connectivity index (χ0v) is 15.6. The standard InChI is InChI=1S/C16H29N3O4S/c1-17-8-3-6-16(15(17)20)7-11-19(13-16)24(21,22)18-9-4-14(5-10-18)12-23-2/h14H,3-13H2,1-2H3/t16-/m1/s1. The number of hydrogen-bond acceptors (Lipinski definition) is 4. The lowest BCUT2D eigenvalue weighted by molar-refractivity contribution is -0.143. The highest BCUT2D eigenvalue weighted by molar-refractivity contribution is 7.86. The third-order valence-electron chi connectivity index (χ3n) is 5.90. The first-order chi connectivity index (χ1) is 11.4. The number of amides is 1. The minimum Gasteiger partial charge on any atom is -0.384 e. The van der Waals surface area contributed by atoms with Crippen LogP contribution in [0, 0.1) is 11.3 Å². The van der Waals surface area contributed by atoms with Crippen LogP contribution in [-0.2, 0) is 19.7 Å². The van der Waals surface area contributed by atoms with Crippen molar-refractivity contribution < 1.29 is 17.9 Å². The fourth-order valence-electron chi connectivity index (χ4n) is 4.38. The van der Waals surface area contributed by atoms with Gasteiger partial charge < -0.3 is 9.64 Å². The molecule has 0 saturated carbocycles. The Morgan fingerprint density at radius 2 is 1.83 bits per heavy atom. The Kier molecular flexibility index (Phi) is 5.20. The van der Waals surface area contributed by atoms with Crippen LogP contribution in [0.4, 0.5) is 0 Å². The number of hydrogen-bond donors (Lipinski definition) is 0. The van der Waals surface area contributed by atoms with Gasteiger partial charge in [0.1, 0.15) is 0 Å². The molecule has 3 heterocycles. The summed E-state index contributed by atoms with van der Waals surface area (Å²) in [7, 11) is 0.0447. The van der Waals surface area contributed by atoms with E-state index in [1.807, 2.05) is 7.05 Å². The number of carbonyl (C=O) groups is 1. The second-order valence-electron chi connectivity index (χ2n) is 7.50. The summed E-state index contributed by atoms with van der Waals surface area (Å²) in [6.07, 6.45) is 4.09. The predicted molar refractivity (Wildman–Crippen MR) is 90.6 cm³/mol. The molecule has 3 aliphatic rings. The van der Waals surface area contributed by atoms with E-state index in [4.69, 9.17) is 4.74 Å². The molecule has 3 aliphatic heterocycles. The van der Waals surface area contributed by atoms with Crippen molar-refractivity contribution in [3.05, 3.63) is 0 Å². The SMILES string of the molecule is COCC1CCN(S(=O)(=O)N2CC[C@]3(CCCN(C)C3=O)C2)CC1. The van der Waals surface area contributed by atoms with Gasteiger partial charge in [-0.05, 0) is 38.0 Å². The highest BCUT2D eigenvalue weighted by Gasteiger charge is 2.51. The van der Waals surface area contributed by atoms with Gasteiger partial charge in [0.2, 0.25) is 5.91 Å². The maximum absolute atomic E-state index is 13.0. The maximum atomic E-state index is 13.0. The van der Waals surface area contributed by atoms with Crippen LogP contribution in [0.3, 0.4) is 0 Å². The average Bonchev–Trinajstić information content (AvgIpc) is 2.99. The summed E-state index contributed by atoms with van der Waals surface area (Å²) in [6, 6.07) is 0. The van der Waals surface area contributed by atoms with E-state index in [0.717, 1.165) is 32.2 Å². The largest absolute Gasteiger partial charge is 0.384 e. The Bertz CT molecular complexity index is 574. The lowest BCUT2D eigenvalue weighted by Crippen LogP contribution is -2.51. The van der Waals surface area contributed by atoms with E-state index in [2.05, 4.69) is 0 Å². The average molecular weight is 359 g/mol. The highest BCUT2D eigenvalue weighted by atomic mass is 32.2. The van der Waals surface area contributed by atoms with Crippen LogP contribution in [0.15, 0.2) is 0 Å². The predicted octanol–water partition coefficient (Wildman–Crippen LogP) is 0.534. The molecule has 0 bridgehead atoms. The summed E-state index contributed by atoms with van der Waals surface area (Å²) in [5.41, 5.74) is -0.492. The molecule has 3 saturated heterocycles. The van der Waals surface area contributed by atoms with Gasteiger partial charge in [0.25, 0.3) is 10.2 Å². The number of rotatable bonds is 4. The number of nitrogens with zero attached hydrogens (tertiary/aromatic N) is 3. The molecule has 138 valence electrons. The molecule has 24 heavy (non-hydrogen) atoms. The highest BCUT2D eigenvalue weighted by Crippen LogP contribution is 2.41. The molecule has 0 aromatic heterocycles. The number of methoxy groups -OCH3 is 1. The number of piperidine rings is 2. The van der Waals surface area contributed by atoms with Gasteiger partial charge >= 0.3 is 0 Å². The third kappa shape index (κ3) is 3.21. The van der Waals surface area contributed by atoms with E-state index in [1.54, 1.807) is 20.6 Å². The molecule has 0 N–H and O–H groups in total. The third-order valence-corrected chi connectivity index (χ3v) is 7.88. The van der Waals surface area contributed by atoms with Crippen molar-refractivity contribution in [3.8, 4) is 0 Å². The lowest BCUT2D eigenvalue weighted by atomic mass is 9.78. The molecule has 8 heteroatoms. The molecule has 0 aromatic rings. The quantitative estimate of drug-likeness (QED) is 0.734. The van der Waals surface area contributed by atoms with E-state index in [9.17, 15) is 13.2 Å². The first kappa shape index (κ1) is 18.1. The van der Waals surface area contributed by atoms with Crippen LogP contribution in [-0.4, -0.2) is 81.3 Å². The van der Waals surface area contributed by atoms with Crippen LogP contribution in [0.5, 0.6) is 0 Å². The maximum Gasteiger partial charge on any atom is 0.282 e. The summed E-state index contributed by atoms with van der Waals surface area (Å²) < 4.78 is 34.2. The Labute approximate surface area is 145 Å². The second kappa shape index (κ2) is 6.90. The zero-order valence-electron chi connectivity index (χ0n) is 14.7. The van der Waals surface area contributed by atoms with Crippen molar-refractivity contribution >= 4 is 16.1 Å². The van der Waals surface area contributed by atoms with Crippen LogP contribution < -0.4 is 0 Å². The number of carbonyl (C=O) groups excluding carboxylic acids is 1. The molecule has 3 rings (SSSR count). The number of likely N-dealkylation sites (tertiary alicyclic amines) is 1. The van der Waals surface area contributed by atoms with Gasteiger partial charge in [0.05, 0.1) is 5.41 Å². The van der Waals surface area contributed by atoms with Gasteiger partial charge in [-0.1, -0.05) is 0 Å². The summed E-state index contributed by atoms with van der Waals surface area (Å²) in [6.45, 7) is 3.37. The van der Waals surface area contributed by atoms with Crippen LogP contribution in [0.2, 0.25) is 0 Å². The Morgan fingerprint density at radius 1 is 1.12 bits per heavy atom. The lowest BCUT2D eigenvalue weighted by Gasteiger charge is -2.38. The van der Waals surface area contributed by atoms with Gasteiger partial charge in [0.15, 0.2) is 0 Å². The van der Waals surface area contributed by atoms with Crippen molar-refractivity contribution in [1.29, 1.82) is 0 Å². The minimum atomic E-state index is -3.46. The monoisotopic (exact) mass is 359 g/mol. The Balaban J connectivity index is 1.65. The number of ether oxygens (including phenoxy) is 1. The second-order valence-corrected chi connectivity index (χ2v) is 9.43. The van der Waals surface area contributed by atoms with Crippen molar-refractivity contribution in [2.45, 2.75) is 32.1 Å². The van der Waals surface area contributed by atoms with Crippen LogP contribution >= 0.6 is 0 Å². The van der Waals surface area contributed by atoms with E-state index >= 15 is 0 Å². The fourth-order valence-corrected chi connectivity index (χ4v) is 6.11. The van der Waals surface area contributed by atoms with Gasteiger partial charge in [-0.25, -0.2) is 0 Å². The van der Waals surface area contributed by atoms with Crippen molar-refractivity contribution in [2.75, 3.05) is 53.5 Å². The molecule has 0 unspecified atom stereocenters. The van der Waals surface area contributed by atoms with Crippen molar-refractivity contribution in [1.82, 2.24) is 13.5 Å². The summed E-state index contributed by atoms with van der Waals surface area (Å²) in [5, 5.41) is 0. The first-order valence-electron chi connectivity index (χ1n) is 8.89.